The smallest absolute Gasteiger partial charge is 0.337 e. The third-order valence-corrected chi connectivity index (χ3v) is 3.02. The fourth-order valence-electron chi connectivity index (χ4n) is 1.92. The molecule has 0 saturated heterocycles. The molecule has 0 saturated carbocycles. The van der Waals surface area contributed by atoms with Gasteiger partial charge in [-0.3, -0.25) is 0 Å². The predicted molar refractivity (Wildman–Crippen MR) is 77.0 cm³/mol. The van der Waals surface area contributed by atoms with Crippen LogP contribution in [0.25, 0.3) is 11.3 Å². The molecule has 0 radical (unpaired) electrons. The van der Waals surface area contributed by atoms with E-state index in [1.807, 2.05) is 24.3 Å². The van der Waals surface area contributed by atoms with Gasteiger partial charge in [0.2, 0.25) is 0 Å². The van der Waals surface area contributed by atoms with Crippen molar-refractivity contribution in [2.24, 2.45) is 0 Å². The summed E-state index contributed by atoms with van der Waals surface area (Å²) in [6.07, 6.45) is 0. The lowest BCUT2D eigenvalue weighted by Crippen LogP contribution is -2.00. The Bertz CT molecular complexity index is 749. The van der Waals surface area contributed by atoms with Gasteiger partial charge in [0.1, 0.15) is 11.5 Å². The Morgan fingerprint density at radius 3 is 2.77 bits per heavy atom. The molecule has 0 aliphatic carbocycles. The van der Waals surface area contributed by atoms with Gasteiger partial charge >= 0.3 is 5.97 Å². The molecule has 0 atom stereocenters. The molecule has 112 valence electrons. The maximum Gasteiger partial charge on any atom is 0.337 e. The van der Waals surface area contributed by atoms with Crippen molar-refractivity contribution in [1.29, 1.82) is 0 Å². The van der Waals surface area contributed by atoms with Gasteiger partial charge in [0.05, 0.1) is 19.2 Å². The van der Waals surface area contributed by atoms with Crippen molar-refractivity contribution in [3.8, 4) is 11.3 Å². The zero-order chi connectivity index (χ0) is 15.4. The van der Waals surface area contributed by atoms with Gasteiger partial charge < -0.3 is 14.5 Å². The number of aromatic nitrogens is 4. The number of furan rings is 1. The highest BCUT2D eigenvalue weighted by molar-refractivity contribution is 5.89. The number of carbonyl (C=O) groups is 1. The van der Waals surface area contributed by atoms with E-state index in [-0.39, 0.29) is 5.97 Å². The quantitative estimate of drug-likeness (QED) is 0.692. The van der Waals surface area contributed by atoms with Crippen molar-refractivity contribution in [3.63, 3.8) is 0 Å². The fourth-order valence-corrected chi connectivity index (χ4v) is 1.92. The zero-order valence-corrected chi connectivity index (χ0v) is 11.7. The Morgan fingerprint density at radius 2 is 2.09 bits per heavy atom. The second kappa shape index (κ2) is 6.08. The normalized spacial score (nSPS) is 10.4. The van der Waals surface area contributed by atoms with Crippen LogP contribution in [0.15, 0.2) is 40.8 Å². The van der Waals surface area contributed by atoms with Gasteiger partial charge in [-0.2, -0.15) is 5.21 Å². The molecule has 0 spiro atoms. The minimum atomic E-state index is -0.365. The van der Waals surface area contributed by atoms with Gasteiger partial charge in [-0.05, 0) is 29.5 Å². The molecular formula is C14H13N5O3. The first-order chi connectivity index (χ1) is 10.8. The van der Waals surface area contributed by atoms with Gasteiger partial charge in [-0.25, -0.2) is 4.79 Å². The zero-order valence-electron chi connectivity index (χ0n) is 11.7. The molecule has 2 N–H and O–H groups in total. The van der Waals surface area contributed by atoms with Crippen LogP contribution in [0.2, 0.25) is 0 Å². The molecule has 0 unspecified atom stereocenters. The monoisotopic (exact) mass is 299 g/mol. The highest BCUT2D eigenvalue weighted by Gasteiger charge is 2.08. The molecule has 2 heterocycles. The van der Waals surface area contributed by atoms with Crippen LogP contribution < -0.4 is 5.32 Å². The van der Waals surface area contributed by atoms with Crippen molar-refractivity contribution in [3.05, 3.63) is 47.7 Å². The average molecular weight is 299 g/mol. The molecule has 0 amide bonds. The van der Waals surface area contributed by atoms with Crippen LogP contribution in [0.4, 0.5) is 5.95 Å². The summed E-state index contributed by atoms with van der Waals surface area (Å²) in [6, 6.07) is 10.7. The Hall–Kier alpha value is -3.16. The summed E-state index contributed by atoms with van der Waals surface area (Å²) in [5.74, 6) is 1.48. The van der Waals surface area contributed by atoms with E-state index in [4.69, 9.17) is 4.42 Å². The summed E-state index contributed by atoms with van der Waals surface area (Å²) in [4.78, 5) is 11.4. The molecule has 0 aliphatic heterocycles. The van der Waals surface area contributed by atoms with Crippen LogP contribution in [0.5, 0.6) is 0 Å². The van der Waals surface area contributed by atoms with Crippen molar-refractivity contribution in [1.82, 2.24) is 20.6 Å². The lowest BCUT2D eigenvalue weighted by molar-refractivity contribution is 0.0601. The Morgan fingerprint density at radius 1 is 1.27 bits per heavy atom. The molecule has 0 aliphatic rings. The fraction of sp³-hybridized carbons (Fsp3) is 0.143. The van der Waals surface area contributed by atoms with Gasteiger partial charge in [0, 0.05) is 5.56 Å². The number of tetrazole rings is 1. The highest BCUT2D eigenvalue weighted by Crippen LogP contribution is 2.23. The lowest BCUT2D eigenvalue weighted by atomic mass is 10.1. The molecule has 8 nitrogen and oxygen atoms in total. The Balaban J connectivity index is 1.69. The number of esters is 1. The maximum atomic E-state index is 11.4. The summed E-state index contributed by atoms with van der Waals surface area (Å²) in [5, 5.41) is 16.3. The summed E-state index contributed by atoms with van der Waals surface area (Å²) >= 11 is 0. The Kier molecular flexibility index (Phi) is 3.82. The van der Waals surface area contributed by atoms with Crippen molar-refractivity contribution in [2.45, 2.75) is 6.54 Å². The minimum absolute atomic E-state index is 0.365. The molecule has 22 heavy (non-hydrogen) atoms. The molecule has 2 aromatic heterocycles. The number of carbonyl (C=O) groups excluding carboxylic acids is 1. The third-order valence-electron chi connectivity index (χ3n) is 3.02. The molecule has 8 heteroatoms. The van der Waals surface area contributed by atoms with Crippen molar-refractivity contribution >= 4 is 11.9 Å². The lowest BCUT2D eigenvalue weighted by Gasteiger charge is -2.01. The number of benzene rings is 1. The van der Waals surface area contributed by atoms with Crippen LogP contribution in [0.1, 0.15) is 16.1 Å². The molecule has 3 aromatic rings. The number of nitrogens with zero attached hydrogens (tertiary/aromatic N) is 3. The van der Waals surface area contributed by atoms with E-state index in [2.05, 4.69) is 30.7 Å². The second-order valence-electron chi connectivity index (χ2n) is 4.42. The Labute approximate surface area is 125 Å². The van der Waals surface area contributed by atoms with E-state index in [0.29, 0.717) is 23.8 Å². The van der Waals surface area contributed by atoms with Crippen LogP contribution in [0, 0.1) is 0 Å². The summed E-state index contributed by atoms with van der Waals surface area (Å²) in [6.45, 7) is 0.444. The number of H-pyrrole nitrogens is 1. The maximum absolute atomic E-state index is 11.4. The van der Waals surface area contributed by atoms with E-state index < -0.39 is 0 Å². The summed E-state index contributed by atoms with van der Waals surface area (Å²) in [5.41, 5.74) is 1.37. The van der Waals surface area contributed by atoms with Crippen LogP contribution in [-0.2, 0) is 11.3 Å². The first kappa shape index (κ1) is 13.8. The van der Waals surface area contributed by atoms with E-state index in [9.17, 15) is 4.79 Å². The number of hydrogen-bond donors (Lipinski definition) is 2. The number of ether oxygens (including phenoxy) is 1. The molecular weight excluding hydrogens is 286 g/mol. The summed E-state index contributed by atoms with van der Waals surface area (Å²) < 4.78 is 10.4. The topological polar surface area (TPSA) is 106 Å². The number of anilines is 1. The number of aromatic amines is 1. The number of rotatable bonds is 5. The third kappa shape index (κ3) is 2.95. The molecule has 0 bridgehead atoms. The first-order valence-corrected chi connectivity index (χ1v) is 6.51. The van der Waals surface area contributed by atoms with Gasteiger partial charge in [0.15, 0.2) is 0 Å². The van der Waals surface area contributed by atoms with Gasteiger partial charge in [0.25, 0.3) is 5.95 Å². The number of hydrogen-bond acceptors (Lipinski definition) is 7. The van der Waals surface area contributed by atoms with Crippen LogP contribution >= 0.6 is 0 Å². The van der Waals surface area contributed by atoms with Crippen LogP contribution in [-0.4, -0.2) is 33.7 Å². The van der Waals surface area contributed by atoms with Gasteiger partial charge in [-0.1, -0.05) is 17.2 Å². The summed E-state index contributed by atoms with van der Waals surface area (Å²) in [7, 11) is 1.35. The van der Waals surface area contributed by atoms with E-state index in [0.717, 1.165) is 11.3 Å². The highest BCUT2D eigenvalue weighted by atomic mass is 16.5. The standard InChI is InChI=1S/C14H13N5O3/c1-21-13(20)10-4-2-9(3-5-10)12-7-6-11(22-12)8-15-14-16-18-19-17-14/h2-7H,8H2,1H3,(H2,15,16,17,18,19). The number of methoxy groups -OCH3 is 1. The van der Waals surface area contributed by atoms with Crippen molar-refractivity contribution in [2.75, 3.05) is 12.4 Å². The molecule has 0 fully saturated rings. The van der Waals surface area contributed by atoms with E-state index >= 15 is 0 Å². The largest absolute Gasteiger partial charge is 0.465 e. The molecule has 3 rings (SSSR count). The number of nitrogens with one attached hydrogen (secondary N) is 2. The van der Waals surface area contributed by atoms with Gasteiger partial charge in [-0.15, -0.1) is 5.10 Å². The predicted octanol–water partition coefficient (Wildman–Crippen LogP) is 1.86. The van der Waals surface area contributed by atoms with E-state index in [1.54, 1.807) is 12.1 Å². The first-order valence-electron chi connectivity index (χ1n) is 6.51. The molecule has 1 aromatic carbocycles. The average Bonchev–Trinajstić information content (AvgIpc) is 3.24. The van der Waals surface area contributed by atoms with E-state index in [1.165, 1.54) is 7.11 Å². The van der Waals surface area contributed by atoms with Crippen molar-refractivity contribution < 1.29 is 13.9 Å². The SMILES string of the molecule is COC(=O)c1ccc(-c2ccc(CNc3nn[nH]n3)o2)cc1. The van der Waals surface area contributed by atoms with Crippen LogP contribution in [0.3, 0.4) is 0 Å². The minimum Gasteiger partial charge on any atom is -0.465 e. The second-order valence-corrected chi connectivity index (χ2v) is 4.42.